The average Bonchev–Trinajstić information content (AvgIpc) is 3.12. The van der Waals surface area contributed by atoms with Gasteiger partial charge >= 0.3 is 5.97 Å². The number of carbonyl (C=O) groups excluding carboxylic acids is 1. The van der Waals surface area contributed by atoms with Crippen LogP contribution in [0.2, 0.25) is 20.1 Å². The number of aromatic nitrogens is 2. The third-order valence-electron chi connectivity index (χ3n) is 3.52. The van der Waals surface area contributed by atoms with E-state index >= 15 is 0 Å². The molecule has 5 nitrogen and oxygen atoms in total. The van der Waals surface area contributed by atoms with Crippen molar-refractivity contribution in [1.82, 2.24) is 9.55 Å². The molecule has 1 aromatic heterocycles. The van der Waals surface area contributed by atoms with Gasteiger partial charge < -0.3 is 9.40 Å². The Morgan fingerprint density at radius 1 is 1.00 bits per heavy atom. The maximum Gasteiger partial charge on any atom is 0.367 e. The molecule has 0 aliphatic rings. The lowest BCUT2D eigenvalue weighted by Crippen LogP contribution is -2.13. The highest BCUT2D eigenvalue weighted by molar-refractivity contribution is 6.37. The second-order valence-corrected chi connectivity index (χ2v) is 7.09. The van der Waals surface area contributed by atoms with Crippen LogP contribution in [0.3, 0.4) is 0 Å². The first-order valence-corrected chi connectivity index (χ1v) is 9.09. The Bertz CT molecular complexity index is 1000. The van der Waals surface area contributed by atoms with E-state index in [0.29, 0.717) is 26.3 Å². The van der Waals surface area contributed by atoms with Crippen LogP contribution in [0.4, 0.5) is 0 Å². The normalized spacial score (nSPS) is 11.5. The summed E-state index contributed by atoms with van der Waals surface area (Å²) in [5.41, 5.74) is 1.13. The van der Waals surface area contributed by atoms with E-state index in [1.807, 2.05) is 0 Å². The molecule has 0 saturated heterocycles. The molecule has 0 atom stereocenters. The summed E-state index contributed by atoms with van der Waals surface area (Å²) in [5.74, 6) is -0.718. The van der Waals surface area contributed by atoms with Gasteiger partial charge in [0.2, 0.25) is 0 Å². The number of oxime groups is 1. The third kappa shape index (κ3) is 5.02. The van der Waals surface area contributed by atoms with E-state index in [9.17, 15) is 4.79 Å². The number of imidazole rings is 1. The molecule has 0 amide bonds. The zero-order valence-corrected chi connectivity index (χ0v) is 16.6. The van der Waals surface area contributed by atoms with Crippen molar-refractivity contribution in [2.45, 2.75) is 6.54 Å². The van der Waals surface area contributed by atoms with Gasteiger partial charge in [-0.15, -0.1) is 0 Å². The fourth-order valence-electron chi connectivity index (χ4n) is 2.24. The highest BCUT2D eigenvalue weighted by atomic mass is 35.5. The average molecular weight is 443 g/mol. The van der Waals surface area contributed by atoms with Gasteiger partial charge in [-0.3, -0.25) is 0 Å². The molecule has 138 valence electrons. The monoisotopic (exact) mass is 441 g/mol. The van der Waals surface area contributed by atoms with E-state index in [0.717, 1.165) is 0 Å². The molecular formula is C18H11Cl4N3O2. The van der Waals surface area contributed by atoms with Crippen LogP contribution in [0.25, 0.3) is 0 Å². The molecule has 0 fully saturated rings. The van der Waals surface area contributed by atoms with Crippen LogP contribution in [-0.4, -0.2) is 21.2 Å². The van der Waals surface area contributed by atoms with E-state index < -0.39 is 5.97 Å². The summed E-state index contributed by atoms with van der Waals surface area (Å²) in [6.45, 7) is 0.281. The molecule has 1 heterocycles. The lowest BCUT2D eigenvalue weighted by molar-refractivity contribution is 0.0515. The van der Waals surface area contributed by atoms with Crippen LogP contribution in [-0.2, 0) is 11.4 Å². The molecule has 0 bridgehead atoms. The number of rotatable bonds is 5. The van der Waals surface area contributed by atoms with Gasteiger partial charge in [0.1, 0.15) is 5.71 Å². The van der Waals surface area contributed by atoms with Gasteiger partial charge in [0.15, 0.2) is 0 Å². The first kappa shape index (κ1) is 19.7. The van der Waals surface area contributed by atoms with Crippen LogP contribution < -0.4 is 0 Å². The SMILES string of the molecule is O=C(O/N=C(\Cn1ccnc1)c1ccc(Cl)cc1Cl)c1ccc(Cl)cc1Cl. The molecule has 3 aromatic rings. The highest BCUT2D eigenvalue weighted by Crippen LogP contribution is 2.24. The minimum atomic E-state index is -0.718. The third-order valence-corrected chi connectivity index (χ3v) is 4.62. The van der Waals surface area contributed by atoms with Crippen molar-refractivity contribution in [3.05, 3.63) is 86.3 Å². The minimum Gasteiger partial charge on any atom is -0.331 e. The number of carbonyl (C=O) groups is 1. The van der Waals surface area contributed by atoms with E-state index in [1.54, 1.807) is 41.5 Å². The summed E-state index contributed by atoms with van der Waals surface area (Å²) in [5, 5.41) is 5.44. The Balaban J connectivity index is 1.90. The molecule has 3 rings (SSSR count). The number of nitrogens with zero attached hydrogens (tertiary/aromatic N) is 3. The summed E-state index contributed by atoms with van der Waals surface area (Å²) >= 11 is 24.1. The second kappa shape index (κ2) is 8.76. The van der Waals surface area contributed by atoms with Gasteiger partial charge in [-0.2, -0.15) is 0 Å². The van der Waals surface area contributed by atoms with E-state index in [4.69, 9.17) is 51.2 Å². The predicted octanol–water partition coefficient (Wildman–Crippen LogP) is 5.76. The van der Waals surface area contributed by atoms with Crippen LogP contribution in [0.1, 0.15) is 15.9 Å². The second-order valence-electron chi connectivity index (χ2n) is 5.40. The Kier molecular flexibility index (Phi) is 6.39. The van der Waals surface area contributed by atoms with Crippen LogP contribution >= 0.6 is 46.4 Å². The van der Waals surface area contributed by atoms with Crippen molar-refractivity contribution in [3.63, 3.8) is 0 Å². The smallest absolute Gasteiger partial charge is 0.331 e. The molecule has 0 aliphatic carbocycles. The Hall–Kier alpha value is -2.05. The largest absolute Gasteiger partial charge is 0.367 e. The van der Waals surface area contributed by atoms with Crippen molar-refractivity contribution in [2.24, 2.45) is 5.16 Å². The minimum absolute atomic E-state index is 0.147. The molecular weight excluding hydrogens is 432 g/mol. The van der Waals surface area contributed by atoms with Gasteiger partial charge in [-0.1, -0.05) is 51.6 Å². The van der Waals surface area contributed by atoms with Crippen LogP contribution in [0, 0.1) is 0 Å². The topological polar surface area (TPSA) is 56.5 Å². The number of hydrogen-bond acceptors (Lipinski definition) is 4. The van der Waals surface area contributed by atoms with Crippen molar-refractivity contribution in [3.8, 4) is 0 Å². The molecule has 0 saturated carbocycles. The van der Waals surface area contributed by atoms with E-state index in [2.05, 4.69) is 10.1 Å². The summed E-state index contributed by atoms with van der Waals surface area (Å²) in [7, 11) is 0. The summed E-state index contributed by atoms with van der Waals surface area (Å²) < 4.78 is 1.76. The number of hydrogen-bond donors (Lipinski definition) is 0. The fourth-order valence-corrected chi connectivity index (χ4v) is 3.24. The molecule has 9 heteroatoms. The van der Waals surface area contributed by atoms with Crippen LogP contribution in [0.15, 0.2) is 60.3 Å². The Morgan fingerprint density at radius 3 is 2.19 bits per heavy atom. The first-order valence-electron chi connectivity index (χ1n) is 7.58. The van der Waals surface area contributed by atoms with Gasteiger partial charge in [0.25, 0.3) is 0 Å². The summed E-state index contributed by atoms with van der Waals surface area (Å²) in [4.78, 5) is 21.4. The number of halogens is 4. The van der Waals surface area contributed by atoms with E-state index in [1.165, 1.54) is 18.2 Å². The lowest BCUT2D eigenvalue weighted by Gasteiger charge is -2.10. The van der Waals surface area contributed by atoms with Gasteiger partial charge in [0, 0.05) is 28.0 Å². The Labute approximate surface area is 175 Å². The molecule has 2 aromatic carbocycles. The molecule has 0 aliphatic heterocycles. The molecule has 0 spiro atoms. The molecule has 0 radical (unpaired) electrons. The van der Waals surface area contributed by atoms with Crippen molar-refractivity contribution in [1.29, 1.82) is 0 Å². The maximum atomic E-state index is 12.3. The lowest BCUT2D eigenvalue weighted by atomic mass is 10.1. The standard InChI is InChI=1S/C18H11Cl4N3O2/c19-11-1-3-13(15(21)7-11)17(9-25-6-5-23-10-25)24-27-18(26)14-4-2-12(20)8-16(14)22/h1-8,10H,9H2/b24-17+. The Morgan fingerprint density at radius 2 is 1.63 bits per heavy atom. The van der Waals surface area contributed by atoms with Gasteiger partial charge in [0.05, 0.1) is 28.5 Å². The summed E-state index contributed by atoms with van der Waals surface area (Å²) in [6, 6.07) is 9.41. The van der Waals surface area contributed by atoms with Crippen molar-refractivity contribution < 1.29 is 9.63 Å². The van der Waals surface area contributed by atoms with Crippen LogP contribution in [0.5, 0.6) is 0 Å². The number of benzene rings is 2. The van der Waals surface area contributed by atoms with Crippen molar-refractivity contribution >= 4 is 58.1 Å². The molecule has 0 N–H and O–H groups in total. The van der Waals surface area contributed by atoms with Crippen molar-refractivity contribution in [2.75, 3.05) is 0 Å². The van der Waals surface area contributed by atoms with Gasteiger partial charge in [-0.25, -0.2) is 9.78 Å². The highest BCUT2D eigenvalue weighted by Gasteiger charge is 2.15. The summed E-state index contributed by atoms with van der Waals surface area (Å²) in [6.07, 6.45) is 4.98. The molecule has 0 unspecified atom stereocenters. The maximum absolute atomic E-state index is 12.3. The van der Waals surface area contributed by atoms with Gasteiger partial charge in [-0.05, 0) is 36.4 Å². The first-order chi connectivity index (χ1) is 12.9. The zero-order valence-electron chi connectivity index (χ0n) is 13.6. The fraction of sp³-hybridized carbons (Fsp3) is 0.0556. The molecule has 27 heavy (non-hydrogen) atoms. The zero-order chi connectivity index (χ0) is 19.4. The quantitative estimate of drug-likeness (QED) is 0.287. The van der Waals surface area contributed by atoms with E-state index in [-0.39, 0.29) is 17.1 Å². The predicted molar refractivity (Wildman–Crippen MR) is 107 cm³/mol.